The van der Waals surface area contributed by atoms with Crippen LogP contribution in [0.15, 0.2) is 18.2 Å². The minimum absolute atomic E-state index is 0.117. The molecule has 0 unspecified atom stereocenters. The van der Waals surface area contributed by atoms with Crippen LogP contribution in [0.3, 0.4) is 0 Å². The lowest BCUT2D eigenvalue weighted by Gasteiger charge is -2.13. The first-order valence-corrected chi connectivity index (χ1v) is 6.20. The minimum Gasteiger partial charge on any atom is -0.497 e. The van der Waals surface area contributed by atoms with Crippen LogP contribution in [-0.4, -0.2) is 29.2 Å². The van der Waals surface area contributed by atoms with Gasteiger partial charge in [0.05, 0.1) is 19.9 Å². The Morgan fingerprint density at radius 2 is 2.00 bits per heavy atom. The number of nitrogens with zero attached hydrogens (tertiary/aromatic N) is 4. The lowest BCUT2D eigenvalue weighted by atomic mass is 10.1. The first-order valence-electron chi connectivity index (χ1n) is 6.20. The molecule has 0 spiro atoms. The van der Waals surface area contributed by atoms with E-state index in [0.29, 0.717) is 17.2 Å². The van der Waals surface area contributed by atoms with Crippen molar-refractivity contribution in [1.82, 2.24) is 15.0 Å². The van der Waals surface area contributed by atoms with Gasteiger partial charge in [-0.25, -0.2) is 4.68 Å². The quantitative estimate of drug-likeness (QED) is 0.853. The van der Waals surface area contributed by atoms with Crippen LogP contribution in [0.5, 0.6) is 11.5 Å². The molecule has 0 amide bonds. The van der Waals surface area contributed by atoms with Gasteiger partial charge in [-0.3, -0.25) is 0 Å². The Morgan fingerprint density at radius 3 is 2.55 bits per heavy atom. The second-order valence-electron chi connectivity index (χ2n) is 4.54. The Bertz CT molecular complexity index is 656. The Hall–Kier alpha value is -2.55. The maximum absolute atomic E-state index is 9.12. The van der Waals surface area contributed by atoms with E-state index in [2.05, 4.69) is 16.4 Å². The molecule has 0 saturated heterocycles. The van der Waals surface area contributed by atoms with E-state index >= 15 is 0 Å². The summed E-state index contributed by atoms with van der Waals surface area (Å²) in [6.45, 7) is 3.98. The molecule has 0 aliphatic rings. The summed E-state index contributed by atoms with van der Waals surface area (Å²) in [6.07, 6.45) is 0. The number of rotatable bonds is 4. The molecular weight excluding hydrogens is 256 g/mol. The van der Waals surface area contributed by atoms with Crippen LogP contribution in [0.25, 0.3) is 5.69 Å². The molecule has 1 aromatic carbocycles. The van der Waals surface area contributed by atoms with Crippen molar-refractivity contribution in [3.63, 3.8) is 0 Å². The van der Waals surface area contributed by atoms with Crippen molar-refractivity contribution in [2.75, 3.05) is 14.2 Å². The van der Waals surface area contributed by atoms with Gasteiger partial charge >= 0.3 is 0 Å². The highest BCUT2D eigenvalue weighted by Gasteiger charge is 2.19. The fourth-order valence-electron chi connectivity index (χ4n) is 2.02. The number of aromatic nitrogens is 3. The van der Waals surface area contributed by atoms with Gasteiger partial charge in [0.25, 0.3) is 0 Å². The third kappa shape index (κ3) is 2.30. The van der Waals surface area contributed by atoms with E-state index in [1.807, 2.05) is 26.0 Å². The summed E-state index contributed by atoms with van der Waals surface area (Å²) in [6, 6.07) is 7.49. The third-order valence-electron chi connectivity index (χ3n) is 2.97. The standard InChI is InChI=1S/C14H16N4O2/c1-9(2)14-11(8-15)16-17-18(14)12-6-5-10(19-3)7-13(12)20-4/h5-7,9H,1-4H3. The summed E-state index contributed by atoms with van der Waals surface area (Å²) in [5.41, 5.74) is 1.82. The zero-order valence-electron chi connectivity index (χ0n) is 11.9. The Morgan fingerprint density at radius 1 is 1.25 bits per heavy atom. The number of methoxy groups -OCH3 is 2. The maximum atomic E-state index is 9.12. The van der Waals surface area contributed by atoms with Crippen LogP contribution in [0.2, 0.25) is 0 Å². The molecule has 104 valence electrons. The predicted octanol–water partition coefficient (Wildman–Crippen LogP) is 2.28. The Labute approximate surface area is 117 Å². The number of hydrogen-bond donors (Lipinski definition) is 0. The summed E-state index contributed by atoms with van der Waals surface area (Å²) >= 11 is 0. The van der Waals surface area contributed by atoms with E-state index in [9.17, 15) is 0 Å². The van der Waals surface area contributed by atoms with Gasteiger partial charge in [-0.15, -0.1) is 5.10 Å². The summed E-state index contributed by atoms with van der Waals surface area (Å²) in [7, 11) is 3.17. The molecule has 1 aromatic heterocycles. The van der Waals surface area contributed by atoms with Crippen molar-refractivity contribution < 1.29 is 9.47 Å². The first-order chi connectivity index (χ1) is 9.62. The average molecular weight is 272 g/mol. The summed E-state index contributed by atoms with van der Waals surface area (Å²) in [5.74, 6) is 1.42. The van der Waals surface area contributed by atoms with E-state index in [0.717, 1.165) is 11.4 Å². The maximum Gasteiger partial charge on any atom is 0.186 e. The largest absolute Gasteiger partial charge is 0.497 e. The summed E-state index contributed by atoms with van der Waals surface area (Å²) in [5, 5.41) is 17.1. The molecule has 6 nitrogen and oxygen atoms in total. The second kappa shape index (κ2) is 5.61. The smallest absolute Gasteiger partial charge is 0.186 e. The van der Waals surface area contributed by atoms with E-state index in [4.69, 9.17) is 14.7 Å². The Balaban J connectivity index is 2.63. The average Bonchev–Trinajstić information content (AvgIpc) is 2.90. The zero-order chi connectivity index (χ0) is 14.7. The third-order valence-corrected chi connectivity index (χ3v) is 2.97. The molecule has 2 aromatic rings. The molecule has 0 atom stereocenters. The highest BCUT2D eigenvalue weighted by molar-refractivity contribution is 5.52. The molecule has 0 bridgehead atoms. The van der Waals surface area contributed by atoms with Gasteiger partial charge < -0.3 is 9.47 Å². The fraction of sp³-hybridized carbons (Fsp3) is 0.357. The van der Waals surface area contributed by atoms with Crippen LogP contribution in [-0.2, 0) is 0 Å². The van der Waals surface area contributed by atoms with Gasteiger partial charge in [0, 0.05) is 6.07 Å². The minimum atomic E-state index is 0.117. The summed E-state index contributed by atoms with van der Waals surface area (Å²) in [4.78, 5) is 0. The van der Waals surface area contributed by atoms with E-state index in [1.165, 1.54) is 0 Å². The van der Waals surface area contributed by atoms with Gasteiger partial charge in [0.1, 0.15) is 23.3 Å². The van der Waals surface area contributed by atoms with Crippen molar-refractivity contribution in [2.45, 2.75) is 19.8 Å². The molecular formula is C14H16N4O2. The molecule has 0 radical (unpaired) electrons. The van der Waals surface area contributed by atoms with Crippen molar-refractivity contribution in [3.8, 4) is 23.3 Å². The van der Waals surface area contributed by atoms with E-state index < -0.39 is 0 Å². The molecule has 2 rings (SSSR count). The van der Waals surface area contributed by atoms with Gasteiger partial charge in [-0.2, -0.15) is 5.26 Å². The molecule has 0 saturated carbocycles. The van der Waals surface area contributed by atoms with Crippen LogP contribution < -0.4 is 9.47 Å². The van der Waals surface area contributed by atoms with E-state index in [-0.39, 0.29) is 5.92 Å². The normalized spacial score (nSPS) is 10.4. The van der Waals surface area contributed by atoms with Gasteiger partial charge in [0.15, 0.2) is 5.69 Å². The number of nitriles is 1. The fourth-order valence-corrected chi connectivity index (χ4v) is 2.02. The second-order valence-corrected chi connectivity index (χ2v) is 4.54. The Kier molecular flexibility index (Phi) is 3.89. The molecule has 1 heterocycles. The number of ether oxygens (including phenoxy) is 2. The van der Waals surface area contributed by atoms with Gasteiger partial charge in [-0.1, -0.05) is 19.1 Å². The monoisotopic (exact) mass is 272 g/mol. The molecule has 0 fully saturated rings. The van der Waals surface area contributed by atoms with Crippen LogP contribution >= 0.6 is 0 Å². The zero-order valence-corrected chi connectivity index (χ0v) is 11.9. The highest BCUT2D eigenvalue weighted by atomic mass is 16.5. The van der Waals surface area contributed by atoms with Crippen molar-refractivity contribution in [2.24, 2.45) is 0 Å². The molecule has 6 heteroatoms. The summed E-state index contributed by atoms with van der Waals surface area (Å²) < 4.78 is 12.2. The molecule has 0 aliphatic heterocycles. The lowest BCUT2D eigenvalue weighted by Crippen LogP contribution is -2.06. The van der Waals surface area contributed by atoms with Gasteiger partial charge in [-0.05, 0) is 18.1 Å². The van der Waals surface area contributed by atoms with E-state index in [1.54, 1.807) is 25.0 Å². The lowest BCUT2D eigenvalue weighted by molar-refractivity contribution is 0.392. The topological polar surface area (TPSA) is 73.0 Å². The number of hydrogen-bond acceptors (Lipinski definition) is 5. The number of benzene rings is 1. The molecule has 0 aliphatic carbocycles. The molecule has 0 N–H and O–H groups in total. The van der Waals surface area contributed by atoms with Crippen molar-refractivity contribution in [3.05, 3.63) is 29.6 Å². The van der Waals surface area contributed by atoms with Gasteiger partial charge in [0.2, 0.25) is 0 Å². The van der Waals surface area contributed by atoms with Crippen LogP contribution in [0.1, 0.15) is 31.2 Å². The predicted molar refractivity (Wildman–Crippen MR) is 73.3 cm³/mol. The first kappa shape index (κ1) is 13.9. The van der Waals surface area contributed by atoms with Crippen LogP contribution in [0, 0.1) is 11.3 Å². The molecule has 20 heavy (non-hydrogen) atoms. The van der Waals surface area contributed by atoms with Crippen LogP contribution in [0.4, 0.5) is 0 Å². The highest BCUT2D eigenvalue weighted by Crippen LogP contribution is 2.30. The SMILES string of the molecule is COc1ccc(-n2nnc(C#N)c2C(C)C)c(OC)c1. The van der Waals surface area contributed by atoms with Crippen molar-refractivity contribution in [1.29, 1.82) is 5.26 Å². The van der Waals surface area contributed by atoms with Crippen molar-refractivity contribution >= 4 is 0 Å².